The summed E-state index contributed by atoms with van der Waals surface area (Å²) in [5.41, 5.74) is 0. The SMILES string of the molecule is CCCCCCCCCCCCCCC(Oc1ccc(O)cc1)Oc1ccccc1O. The lowest BCUT2D eigenvalue weighted by atomic mass is 10.0. The quantitative estimate of drug-likeness (QED) is 0.198. The Hall–Kier alpha value is -2.36. The van der Waals surface area contributed by atoms with E-state index >= 15 is 0 Å². The second-order valence-electron chi connectivity index (χ2n) is 8.30. The lowest BCUT2D eigenvalue weighted by Gasteiger charge is -2.21. The molecule has 0 aromatic heterocycles. The van der Waals surface area contributed by atoms with E-state index in [9.17, 15) is 10.2 Å². The highest BCUT2D eigenvalue weighted by atomic mass is 16.7. The first-order valence-corrected chi connectivity index (χ1v) is 12.1. The van der Waals surface area contributed by atoms with Gasteiger partial charge in [-0.25, -0.2) is 0 Å². The molecule has 0 fully saturated rings. The number of rotatable bonds is 17. The summed E-state index contributed by atoms with van der Waals surface area (Å²) < 4.78 is 11.9. The maximum atomic E-state index is 10.0. The Bertz CT molecular complexity index is 699. The topological polar surface area (TPSA) is 58.9 Å². The van der Waals surface area contributed by atoms with Gasteiger partial charge in [0.25, 0.3) is 0 Å². The van der Waals surface area contributed by atoms with Crippen LogP contribution in [0.3, 0.4) is 0 Å². The zero-order valence-electron chi connectivity index (χ0n) is 19.1. The lowest BCUT2D eigenvalue weighted by molar-refractivity contribution is -0.00419. The normalized spacial score (nSPS) is 11.9. The van der Waals surface area contributed by atoms with E-state index in [0.29, 0.717) is 11.5 Å². The predicted octanol–water partition coefficient (Wildman–Crippen LogP) is 7.97. The van der Waals surface area contributed by atoms with Gasteiger partial charge >= 0.3 is 0 Å². The summed E-state index contributed by atoms with van der Waals surface area (Å²) in [7, 11) is 0. The second kappa shape index (κ2) is 15.4. The number of para-hydroxylation sites is 2. The van der Waals surface area contributed by atoms with Gasteiger partial charge in [0.05, 0.1) is 0 Å². The first kappa shape index (κ1) is 24.9. The first-order chi connectivity index (χ1) is 15.2. The Labute approximate surface area is 188 Å². The highest BCUT2D eigenvalue weighted by Crippen LogP contribution is 2.28. The van der Waals surface area contributed by atoms with Crippen molar-refractivity contribution in [2.45, 2.75) is 96.7 Å². The van der Waals surface area contributed by atoms with E-state index in [2.05, 4.69) is 6.92 Å². The zero-order chi connectivity index (χ0) is 22.2. The van der Waals surface area contributed by atoms with E-state index < -0.39 is 6.29 Å². The number of ether oxygens (including phenoxy) is 2. The fraction of sp³-hybridized carbons (Fsp3) is 0.556. The fourth-order valence-corrected chi connectivity index (χ4v) is 3.67. The van der Waals surface area contributed by atoms with E-state index in [-0.39, 0.29) is 11.5 Å². The molecule has 0 spiro atoms. The number of unbranched alkanes of at least 4 members (excludes halogenated alkanes) is 11. The van der Waals surface area contributed by atoms with E-state index in [1.807, 2.05) is 6.07 Å². The highest BCUT2D eigenvalue weighted by molar-refractivity contribution is 5.38. The third kappa shape index (κ3) is 11.0. The Morgan fingerprint density at radius 1 is 0.645 bits per heavy atom. The smallest absolute Gasteiger partial charge is 0.241 e. The van der Waals surface area contributed by atoms with Crippen LogP contribution in [0.15, 0.2) is 48.5 Å². The number of phenols is 2. The van der Waals surface area contributed by atoms with E-state index in [0.717, 1.165) is 19.3 Å². The van der Waals surface area contributed by atoms with Gasteiger partial charge in [-0.15, -0.1) is 0 Å². The van der Waals surface area contributed by atoms with Gasteiger partial charge in [0.15, 0.2) is 11.5 Å². The average molecular weight is 429 g/mol. The molecule has 1 unspecified atom stereocenters. The molecule has 0 aliphatic heterocycles. The standard InChI is InChI=1S/C27H40O4/c1-2-3-4-5-6-7-8-9-10-11-12-13-18-27(30-24-21-19-23(28)20-22-24)31-26-17-15-14-16-25(26)29/h14-17,19-22,27-29H,2-13,18H2,1H3. The van der Waals surface area contributed by atoms with Crippen LogP contribution in [0.25, 0.3) is 0 Å². The molecule has 0 aliphatic rings. The first-order valence-electron chi connectivity index (χ1n) is 12.1. The molecule has 2 aromatic carbocycles. The maximum absolute atomic E-state index is 10.0. The van der Waals surface area contributed by atoms with Crippen molar-refractivity contribution >= 4 is 0 Å². The summed E-state index contributed by atoms with van der Waals surface area (Å²) in [6.07, 6.45) is 15.9. The van der Waals surface area contributed by atoms with Crippen LogP contribution in [0.2, 0.25) is 0 Å². The average Bonchev–Trinajstić information content (AvgIpc) is 2.77. The van der Waals surface area contributed by atoms with Crippen molar-refractivity contribution < 1.29 is 19.7 Å². The number of hydrogen-bond donors (Lipinski definition) is 2. The van der Waals surface area contributed by atoms with Crippen LogP contribution in [0.4, 0.5) is 0 Å². The number of phenolic OH excluding ortho intramolecular Hbond substituents is 2. The molecule has 0 saturated carbocycles. The van der Waals surface area contributed by atoms with Crippen molar-refractivity contribution in [2.75, 3.05) is 0 Å². The molecule has 1 atom stereocenters. The summed E-state index contributed by atoms with van der Waals surface area (Å²) in [5, 5.41) is 19.5. The van der Waals surface area contributed by atoms with Crippen molar-refractivity contribution in [2.24, 2.45) is 0 Å². The summed E-state index contributed by atoms with van der Waals surface area (Å²) in [4.78, 5) is 0. The molecule has 4 heteroatoms. The van der Waals surface area contributed by atoms with Crippen molar-refractivity contribution in [3.05, 3.63) is 48.5 Å². The Morgan fingerprint density at radius 3 is 1.77 bits per heavy atom. The largest absolute Gasteiger partial charge is 0.508 e. The summed E-state index contributed by atoms with van der Waals surface area (Å²) in [6, 6.07) is 13.6. The predicted molar refractivity (Wildman–Crippen MR) is 127 cm³/mol. The molecular formula is C27H40O4. The van der Waals surface area contributed by atoms with Crippen molar-refractivity contribution in [3.8, 4) is 23.0 Å². The van der Waals surface area contributed by atoms with Gasteiger partial charge < -0.3 is 19.7 Å². The van der Waals surface area contributed by atoms with E-state index in [1.54, 1.807) is 42.5 Å². The van der Waals surface area contributed by atoms with Crippen LogP contribution in [0.1, 0.15) is 90.4 Å². The molecule has 172 valence electrons. The van der Waals surface area contributed by atoms with E-state index in [1.165, 1.54) is 64.2 Å². The number of benzene rings is 2. The third-order valence-electron chi connectivity index (χ3n) is 5.52. The van der Waals surface area contributed by atoms with Crippen LogP contribution in [0, 0.1) is 0 Å². The Balaban J connectivity index is 1.67. The van der Waals surface area contributed by atoms with E-state index in [4.69, 9.17) is 9.47 Å². The zero-order valence-corrected chi connectivity index (χ0v) is 19.1. The van der Waals surface area contributed by atoms with Gasteiger partial charge in [-0.3, -0.25) is 0 Å². The van der Waals surface area contributed by atoms with Gasteiger partial charge in [-0.05, 0) is 42.8 Å². The van der Waals surface area contributed by atoms with Gasteiger partial charge in [0, 0.05) is 6.42 Å². The maximum Gasteiger partial charge on any atom is 0.241 e. The number of aromatic hydroxyl groups is 2. The number of hydrogen-bond acceptors (Lipinski definition) is 4. The molecule has 0 radical (unpaired) electrons. The van der Waals surface area contributed by atoms with Crippen LogP contribution in [0.5, 0.6) is 23.0 Å². The molecule has 0 saturated heterocycles. The van der Waals surface area contributed by atoms with Crippen molar-refractivity contribution in [3.63, 3.8) is 0 Å². The summed E-state index contributed by atoms with van der Waals surface area (Å²) in [6.45, 7) is 2.26. The van der Waals surface area contributed by atoms with Crippen LogP contribution in [-0.4, -0.2) is 16.5 Å². The molecule has 2 rings (SSSR count). The molecule has 2 N–H and O–H groups in total. The molecule has 0 heterocycles. The Morgan fingerprint density at radius 2 is 1.19 bits per heavy atom. The van der Waals surface area contributed by atoms with Crippen LogP contribution < -0.4 is 9.47 Å². The summed E-state index contributed by atoms with van der Waals surface area (Å²) >= 11 is 0. The molecule has 0 aliphatic carbocycles. The van der Waals surface area contributed by atoms with Crippen molar-refractivity contribution in [1.82, 2.24) is 0 Å². The molecule has 2 aromatic rings. The monoisotopic (exact) mass is 428 g/mol. The third-order valence-corrected chi connectivity index (χ3v) is 5.52. The van der Waals surface area contributed by atoms with Gasteiger partial charge in [0.1, 0.15) is 11.5 Å². The minimum atomic E-state index is -0.485. The van der Waals surface area contributed by atoms with Gasteiger partial charge in [-0.2, -0.15) is 0 Å². The minimum absolute atomic E-state index is 0.108. The molecule has 4 nitrogen and oxygen atoms in total. The van der Waals surface area contributed by atoms with Crippen molar-refractivity contribution in [1.29, 1.82) is 0 Å². The second-order valence-corrected chi connectivity index (χ2v) is 8.30. The Kier molecular flexibility index (Phi) is 12.4. The minimum Gasteiger partial charge on any atom is -0.508 e. The molecule has 31 heavy (non-hydrogen) atoms. The molecule has 0 bridgehead atoms. The highest BCUT2D eigenvalue weighted by Gasteiger charge is 2.14. The molecule has 0 amide bonds. The van der Waals surface area contributed by atoms with Crippen LogP contribution >= 0.6 is 0 Å². The lowest BCUT2D eigenvalue weighted by Crippen LogP contribution is -2.24. The molecular weight excluding hydrogens is 388 g/mol. The van der Waals surface area contributed by atoms with Gasteiger partial charge in [-0.1, -0.05) is 89.7 Å². The fourth-order valence-electron chi connectivity index (χ4n) is 3.67. The van der Waals surface area contributed by atoms with Gasteiger partial charge in [0.2, 0.25) is 6.29 Å². The summed E-state index contributed by atoms with van der Waals surface area (Å²) in [5.74, 6) is 1.37. The van der Waals surface area contributed by atoms with Crippen LogP contribution in [-0.2, 0) is 0 Å².